The Morgan fingerprint density at radius 2 is 2.25 bits per heavy atom. The van der Waals surface area contributed by atoms with Crippen LogP contribution in [0.15, 0.2) is 0 Å². The molecule has 0 aromatic carbocycles. The Morgan fingerprint density at radius 3 is 3.00 bits per heavy atom. The van der Waals surface area contributed by atoms with Gasteiger partial charge in [0.1, 0.15) is 5.82 Å². The molecule has 112 valence electrons. The van der Waals surface area contributed by atoms with Crippen LogP contribution in [0.4, 0.5) is 5.13 Å². The van der Waals surface area contributed by atoms with E-state index in [1.807, 2.05) is 9.80 Å². The van der Waals surface area contributed by atoms with Gasteiger partial charge in [0.15, 0.2) is 0 Å². The van der Waals surface area contributed by atoms with Crippen molar-refractivity contribution in [2.24, 2.45) is 0 Å². The van der Waals surface area contributed by atoms with Crippen LogP contribution in [0.3, 0.4) is 0 Å². The first kappa shape index (κ1) is 15.2. The van der Waals surface area contributed by atoms with E-state index >= 15 is 0 Å². The molecule has 0 spiro atoms. The summed E-state index contributed by atoms with van der Waals surface area (Å²) in [5.74, 6) is 0.993. The van der Waals surface area contributed by atoms with E-state index < -0.39 is 0 Å². The highest BCUT2D eigenvalue weighted by Crippen LogP contribution is 2.19. The van der Waals surface area contributed by atoms with Crippen molar-refractivity contribution in [1.82, 2.24) is 14.3 Å². The summed E-state index contributed by atoms with van der Waals surface area (Å²) in [6.45, 7) is 5.70. The zero-order valence-electron chi connectivity index (χ0n) is 12.2. The number of anilines is 1. The molecule has 0 unspecified atom stereocenters. The molecule has 7 heteroatoms. The molecule has 0 atom stereocenters. The number of carbonyl (C=O) groups excluding carboxylic acids is 1. The number of ether oxygens (including phenoxy) is 1. The smallest absolute Gasteiger partial charge is 0.242 e. The lowest BCUT2D eigenvalue weighted by atomic mass is 10.3. The molecule has 0 radical (unpaired) electrons. The summed E-state index contributed by atoms with van der Waals surface area (Å²) in [6.07, 6.45) is 2.71. The summed E-state index contributed by atoms with van der Waals surface area (Å²) >= 11 is 1.37. The molecule has 1 saturated heterocycles. The maximum Gasteiger partial charge on any atom is 0.242 e. The first-order valence-corrected chi connectivity index (χ1v) is 7.86. The van der Waals surface area contributed by atoms with Gasteiger partial charge in [0, 0.05) is 44.7 Å². The first-order valence-electron chi connectivity index (χ1n) is 7.08. The second-order valence-corrected chi connectivity index (χ2v) is 5.62. The lowest BCUT2D eigenvalue weighted by Crippen LogP contribution is -2.37. The highest BCUT2D eigenvalue weighted by molar-refractivity contribution is 7.09. The van der Waals surface area contributed by atoms with Gasteiger partial charge in [0.05, 0.1) is 13.2 Å². The summed E-state index contributed by atoms with van der Waals surface area (Å²) in [6, 6.07) is 0. The van der Waals surface area contributed by atoms with Gasteiger partial charge in [-0.3, -0.25) is 4.79 Å². The highest BCUT2D eigenvalue weighted by Gasteiger charge is 2.23. The van der Waals surface area contributed by atoms with Gasteiger partial charge in [-0.25, -0.2) is 4.98 Å². The van der Waals surface area contributed by atoms with Crippen LogP contribution in [-0.4, -0.2) is 60.1 Å². The molecule has 1 aromatic heterocycles. The van der Waals surface area contributed by atoms with Crippen LogP contribution in [0.2, 0.25) is 0 Å². The molecule has 1 aromatic rings. The van der Waals surface area contributed by atoms with Crippen LogP contribution in [0, 0.1) is 0 Å². The minimum absolute atomic E-state index is 0.193. The number of nitrogens with zero attached hydrogens (tertiary/aromatic N) is 4. The van der Waals surface area contributed by atoms with Crippen LogP contribution < -0.4 is 4.90 Å². The monoisotopic (exact) mass is 298 g/mol. The topological polar surface area (TPSA) is 58.6 Å². The fourth-order valence-electron chi connectivity index (χ4n) is 2.26. The van der Waals surface area contributed by atoms with E-state index in [1.54, 1.807) is 7.11 Å². The molecular weight excluding hydrogens is 276 g/mol. The third-order valence-electron chi connectivity index (χ3n) is 3.29. The van der Waals surface area contributed by atoms with Crippen LogP contribution >= 0.6 is 11.5 Å². The van der Waals surface area contributed by atoms with Gasteiger partial charge in [0.2, 0.25) is 11.0 Å². The quantitative estimate of drug-likeness (QED) is 0.789. The predicted molar refractivity (Wildman–Crippen MR) is 79.2 cm³/mol. The second kappa shape index (κ2) is 7.54. The minimum atomic E-state index is 0.193. The average molecular weight is 298 g/mol. The molecule has 1 aliphatic rings. The van der Waals surface area contributed by atoms with Gasteiger partial charge < -0.3 is 14.5 Å². The summed E-state index contributed by atoms with van der Waals surface area (Å²) in [5, 5.41) is 0.850. The molecule has 2 heterocycles. The molecule has 6 nitrogen and oxygen atoms in total. The lowest BCUT2D eigenvalue weighted by molar-refractivity contribution is -0.129. The van der Waals surface area contributed by atoms with Gasteiger partial charge in [-0.15, -0.1) is 0 Å². The van der Waals surface area contributed by atoms with Crippen molar-refractivity contribution in [1.29, 1.82) is 0 Å². The predicted octanol–water partition coefficient (Wildman–Crippen LogP) is 1.18. The Bertz CT molecular complexity index is 438. The number of rotatable bonds is 6. The number of amides is 1. The minimum Gasteiger partial charge on any atom is -0.384 e. The molecule has 0 aliphatic carbocycles. The van der Waals surface area contributed by atoms with Crippen molar-refractivity contribution in [2.75, 3.05) is 44.8 Å². The standard InChI is InChI=1S/C13H22N4O2S/c1-3-6-16-7-4-8-17(10-12(16)18)13-14-11(15-20-13)5-9-19-2/h3-10H2,1-2H3. The van der Waals surface area contributed by atoms with Crippen LogP contribution in [0.1, 0.15) is 25.6 Å². The SMILES string of the molecule is CCCN1CCCN(c2nc(CCOC)ns2)CC1=O. The van der Waals surface area contributed by atoms with Gasteiger partial charge in [-0.1, -0.05) is 6.92 Å². The zero-order valence-corrected chi connectivity index (χ0v) is 13.0. The van der Waals surface area contributed by atoms with Crippen LogP contribution in [0.25, 0.3) is 0 Å². The van der Waals surface area contributed by atoms with E-state index in [-0.39, 0.29) is 5.91 Å². The van der Waals surface area contributed by atoms with Crippen molar-refractivity contribution >= 4 is 22.6 Å². The van der Waals surface area contributed by atoms with E-state index in [0.717, 1.165) is 49.9 Å². The van der Waals surface area contributed by atoms with Gasteiger partial charge in [0.25, 0.3) is 0 Å². The number of hydrogen-bond donors (Lipinski definition) is 0. The van der Waals surface area contributed by atoms with Crippen LogP contribution in [-0.2, 0) is 16.0 Å². The Kier molecular flexibility index (Phi) is 5.72. The van der Waals surface area contributed by atoms with Crippen molar-refractivity contribution in [3.8, 4) is 0 Å². The molecule has 0 N–H and O–H groups in total. The van der Waals surface area contributed by atoms with Gasteiger partial charge >= 0.3 is 0 Å². The van der Waals surface area contributed by atoms with Crippen LogP contribution in [0.5, 0.6) is 0 Å². The summed E-state index contributed by atoms with van der Waals surface area (Å²) < 4.78 is 9.35. The second-order valence-electron chi connectivity index (χ2n) is 4.89. The number of methoxy groups -OCH3 is 1. The molecule has 1 aliphatic heterocycles. The van der Waals surface area contributed by atoms with E-state index in [1.165, 1.54) is 11.5 Å². The molecule has 1 amide bonds. The number of hydrogen-bond acceptors (Lipinski definition) is 6. The average Bonchev–Trinajstić information content (AvgIpc) is 2.84. The van der Waals surface area contributed by atoms with Gasteiger partial charge in [-0.2, -0.15) is 4.37 Å². The maximum absolute atomic E-state index is 12.2. The zero-order chi connectivity index (χ0) is 14.4. The molecular formula is C13H22N4O2S. The fourth-order valence-corrected chi connectivity index (χ4v) is 2.99. The maximum atomic E-state index is 12.2. The Morgan fingerprint density at radius 1 is 1.40 bits per heavy atom. The number of aromatic nitrogens is 2. The van der Waals surface area contributed by atoms with Gasteiger partial charge in [-0.05, 0) is 12.8 Å². The molecule has 0 bridgehead atoms. The van der Waals surface area contributed by atoms with E-state index in [2.05, 4.69) is 16.3 Å². The van der Waals surface area contributed by atoms with E-state index in [0.29, 0.717) is 13.2 Å². The third-order valence-corrected chi connectivity index (χ3v) is 4.10. The van der Waals surface area contributed by atoms with Crippen molar-refractivity contribution in [3.63, 3.8) is 0 Å². The molecule has 2 rings (SSSR count). The Balaban J connectivity index is 1.98. The molecule has 1 fully saturated rings. The Hall–Kier alpha value is -1.21. The molecule has 0 saturated carbocycles. The summed E-state index contributed by atoms with van der Waals surface area (Å²) in [7, 11) is 1.67. The Labute approximate surface area is 123 Å². The summed E-state index contributed by atoms with van der Waals surface area (Å²) in [5.41, 5.74) is 0. The normalized spacial score (nSPS) is 16.6. The fraction of sp³-hybridized carbons (Fsp3) is 0.769. The largest absolute Gasteiger partial charge is 0.384 e. The van der Waals surface area contributed by atoms with Crippen molar-refractivity contribution < 1.29 is 9.53 Å². The third kappa shape index (κ3) is 3.89. The lowest BCUT2D eigenvalue weighted by Gasteiger charge is -2.20. The highest BCUT2D eigenvalue weighted by atomic mass is 32.1. The first-order chi connectivity index (χ1) is 9.74. The van der Waals surface area contributed by atoms with E-state index in [4.69, 9.17) is 4.74 Å². The summed E-state index contributed by atoms with van der Waals surface area (Å²) in [4.78, 5) is 20.7. The number of carbonyl (C=O) groups is 1. The van der Waals surface area contributed by atoms with Crippen molar-refractivity contribution in [2.45, 2.75) is 26.2 Å². The van der Waals surface area contributed by atoms with Crippen molar-refractivity contribution in [3.05, 3.63) is 5.82 Å². The van der Waals surface area contributed by atoms with E-state index in [9.17, 15) is 4.79 Å². The molecule has 20 heavy (non-hydrogen) atoms.